The van der Waals surface area contributed by atoms with E-state index >= 15 is 0 Å². The largest absolute Gasteiger partial charge is 0.497 e. The summed E-state index contributed by atoms with van der Waals surface area (Å²) in [5.74, 6) is -0.133. The van der Waals surface area contributed by atoms with Crippen LogP contribution in [0.1, 0.15) is 32.8 Å². The van der Waals surface area contributed by atoms with Gasteiger partial charge in [0.1, 0.15) is 24.1 Å². The number of hydrogen-bond donors (Lipinski definition) is 1. The number of methoxy groups -OCH3 is 2. The van der Waals surface area contributed by atoms with E-state index in [0.29, 0.717) is 17.2 Å². The van der Waals surface area contributed by atoms with Gasteiger partial charge >= 0.3 is 0 Å². The number of benzene rings is 3. The highest BCUT2D eigenvalue weighted by atomic mass is 35.5. The third-order valence-electron chi connectivity index (χ3n) is 6.36. The summed E-state index contributed by atoms with van der Waals surface area (Å²) in [6, 6.07) is 18.4. The van der Waals surface area contributed by atoms with Crippen LogP contribution in [0.4, 0.5) is 5.69 Å². The van der Waals surface area contributed by atoms with Crippen molar-refractivity contribution >= 4 is 39.1 Å². The summed E-state index contributed by atoms with van der Waals surface area (Å²) in [6.07, 6.45) is 0.317. The molecule has 3 rings (SSSR count). The van der Waals surface area contributed by atoms with Crippen LogP contribution in [0.3, 0.4) is 0 Å². The van der Waals surface area contributed by atoms with Gasteiger partial charge < -0.3 is 19.7 Å². The lowest BCUT2D eigenvalue weighted by molar-refractivity contribution is -0.140. The number of sulfonamides is 1. The summed E-state index contributed by atoms with van der Waals surface area (Å²) < 4.78 is 39.7. The summed E-state index contributed by atoms with van der Waals surface area (Å²) in [5.41, 5.74) is 0.922. The molecule has 0 spiro atoms. The molecule has 11 heteroatoms. The second kappa shape index (κ2) is 14.2. The number of nitrogens with one attached hydrogen (secondary N) is 1. The Bertz CT molecular complexity index is 1430. The van der Waals surface area contributed by atoms with Crippen molar-refractivity contribution in [3.05, 3.63) is 83.4 Å². The summed E-state index contributed by atoms with van der Waals surface area (Å²) >= 11 is 6.06. The van der Waals surface area contributed by atoms with Crippen LogP contribution >= 0.6 is 11.6 Å². The van der Waals surface area contributed by atoms with Crippen LogP contribution in [-0.4, -0.2) is 58.0 Å². The number of ether oxygens (including phenoxy) is 2. The van der Waals surface area contributed by atoms with Gasteiger partial charge in [0.2, 0.25) is 11.8 Å². The van der Waals surface area contributed by atoms with E-state index in [1.54, 1.807) is 55.5 Å². The average Bonchev–Trinajstić information content (AvgIpc) is 2.96. The smallest absolute Gasteiger partial charge is 0.264 e. The zero-order valence-electron chi connectivity index (χ0n) is 23.8. The van der Waals surface area contributed by atoms with Crippen molar-refractivity contribution in [2.24, 2.45) is 0 Å². The van der Waals surface area contributed by atoms with Gasteiger partial charge in [-0.25, -0.2) is 8.42 Å². The molecular formula is C30H36ClN3O6S. The number of para-hydroxylation sites is 2. The zero-order valence-corrected chi connectivity index (χ0v) is 25.4. The van der Waals surface area contributed by atoms with Gasteiger partial charge in [0, 0.05) is 17.6 Å². The molecule has 2 amide bonds. The van der Waals surface area contributed by atoms with Crippen molar-refractivity contribution in [2.45, 2.75) is 50.7 Å². The van der Waals surface area contributed by atoms with Crippen molar-refractivity contribution in [3.8, 4) is 11.5 Å². The molecule has 9 nitrogen and oxygen atoms in total. The molecule has 0 aliphatic heterocycles. The monoisotopic (exact) mass is 601 g/mol. The van der Waals surface area contributed by atoms with Crippen LogP contribution in [0.5, 0.6) is 11.5 Å². The van der Waals surface area contributed by atoms with Crippen LogP contribution < -0.4 is 19.1 Å². The van der Waals surface area contributed by atoms with Gasteiger partial charge in [-0.3, -0.25) is 13.9 Å². The number of amides is 2. The molecule has 0 aliphatic carbocycles. The molecule has 3 aromatic carbocycles. The lowest BCUT2D eigenvalue weighted by Crippen LogP contribution is -2.53. The fourth-order valence-electron chi connectivity index (χ4n) is 4.31. The predicted octanol–water partition coefficient (Wildman–Crippen LogP) is 4.88. The molecule has 0 heterocycles. The molecule has 0 fully saturated rings. The molecule has 0 unspecified atom stereocenters. The topological polar surface area (TPSA) is 105 Å². The Labute approximate surface area is 247 Å². The molecule has 0 aliphatic rings. The van der Waals surface area contributed by atoms with Gasteiger partial charge in [0.15, 0.2) is 0 Å². The van der Waals surface area contributed by atoms with Crippen molar-refractivity contribution in [2.75, 3.05) is 25.1 Å². The molecule has 41 heavy (non-hydrogen) atoms. The highest BCUT2D eigenvalue weighted by molar-refractivity contribution is 7.92. The van der Waals surface area contributed by atoms with Crippen LogP contribution in [0.15, 0.2) is 77.7 Å². The SMILES string of the molecule is CC[C@@H](C(=O)NC(C)C)N(Cc1ccc(Cl)cc1)C(=O)CN(c1ccccc1OC)S(=O)(=O)c1ccc(OC)cc1. The second-order valence-electron chi connectivity index (χ2n) is 9.59. The molecule has 1 atom stereocenters. The predicted molar refractivity (Wildman–Crippen MR) is 160 cm³/mol. The molecule has 0 radical (unpaired) electrons. The fraction of sp³-hybridized carbons (Fsp3) is 0.333. The van der Waals surface area contributed by atoms with Gasteiger partial charge in [0.05, 0.1) is 24.8 Å². The number of carbonyl (C=O) groups is 2. The molecule has 0 saturated heterocycles. The van der Waals surface area contributed by atoms with Gasteiger partial charge in [-0.2, -0.15) is 0 Å². The Morgan fingerprint density at radius 1 is 0.927 bits per heavy atom. The molecule has 3 aromatic rings. The van der Waals surface area contributed by atoms with Gasteiger partial charge in [0.25, 0.3) is 10.0 Å². The van der Waals surface area contributed by atoms with Crippen molar-refractivity contribution in [1.29, 1.82) is 0 Å². The Morgan fingerprint density at radius 2 is 1.56 bits per heavy atom. The Kier molecular flexibility index (Phi) is 11.0. The normalized spacial score (nSPS) is 12.0. The Balaban J connectivity index is 2.10. The van der Waals surface area contributed by atoms with E-state index in [1.165, 1.54) is 43.4 Å². The first-order valence-electron chi connectivity index (χ1n) is 13.2. The van der Waals surface area contributed by atoms with Crippen LogP contribution in [0.2, 0.25) is 5.02 Å². The maximum absolute atomic E-state index is 14.1. The average molecular weight is 602 g/mol. The molecular weight excluding hydrogens is 566 g/mol. The minimum atomic E-state index is -4.26. The summed E-state index contributed by atoms with van der Waals surface area (Å²) in [4.78, 5) is 28.7. The van der Waals surface area contributed by atoms with Crippen LogP contribution in [0, 0.1) is 0 Å². The Morgan fingerprint density at radius 3 is 2.12 bits per heavy atom. The minimum absolute atomic E-state index is 0.0363. The highest BCUT2D eigenvalue weighted by Gasteiger charge is 2.34. The third-order valence-corrected chi connectivity index (χ3v) is 8.39. The maximum Gasteiger partial charge on any atom is 0.264 e. The number of nitrogens with zero attached hydrogens (tertiary/aromatic N) is 2. The number of halogens is 1. The van der Waals surface area contributed by atoms with E-state index < -0.39 is 28.5 Å². The van der Waals surface area contributed by atoms with Crippen molar-refractivity contribution < 1.29 is 27.5 Å². The molecule has 0 bridgehead atoms. The van der Waals surface area contributed by atoms with Gasteiger partial charge in [-0.15, -0.1) is 0 Å². The minimum Gasteiger partial charge on any atom is -0.497 e. The van der Waals surface area contributed by atoms with Gasteiger partial charge in [-0.05, 0) is 74.4 Å². The summed E-state index contributed by atoms with van der Waals surface area (Å²) in [7, 11) is -1.35. The second-order valence-corrected chi connectivity index (χ2v) is 11.9. The van der Waals surface area contributed by atoms with Crippen molar-refractivity contribution in [1.82, 2.24) is 10.2 Å². The van der Waals surface area contributed by atoms with Gasteiger partial charge in [-0.1, -0.05) is 42.8 Å². The van der Waals surface area contributed by atoms with Crippen molar-refractivity contribution in [3.63, 3.8) is 0 Å². The molecule has 0 aromatic heterocycles. The first-order chi connectivity index (χ1) is 19.5. The number of carbonyl (C=O) groups excluding carboxylic acids is 2. The standard InChI is InChI=1S/C30H36ClN3O6S/c1-6-26(30(36)32-21(2)3)33(19-22-11-13-23(31)14-12-22)29(35)20-34(27-9-7-8-10-28(27)40-5)41(37,38)25-17-15-24(39-4)16-18-25/h7-18,21,26H,6,19-20H2,1-5H3,(H,32,36)/t26-/m0/s1. The Hall–Kier alpha value is -3.76. The number of rotatable bonds is 13. The van der Waals surface area contributed by atoms with E-state index in [1.807, 2.05) is 13.8 Å². The maximum atomic E-state index is 14.1. The lowest BCUT2D eigenvalue weighted by Gasteiger charge is -2.33. The summed E-state index contributed by atoms with van der Waals surface area (Å²) in [5, 5.41) is 3.41. The molecule has 1 N–H and O–H groups in total. The molecule has 0 saturated carbocycles. The zero-order chi connectivity index (χ0) is 30.2. The summed E-state index contributed by atoms with van der Waals surface area (Å²) in [6.45, 7) is 4.97. The third kappa shape index (κ3) is 7.92. The quantitative estimate of drug-likeness (QED) is 0.299. The number of anilines is 1. The van der Waals surface area contributed by atoms with E-state index in [-0.39, 0.29) is 34.8 Å². The highest BCUT2D eigenvalue weighted by Crippen LogP contribution is 2.33. The van der Waals surface area contributed by atoms with E-state index in [2.05, 4.69) is 5.32 Å². The first-order valence-corrected chi connectivity index (χ1v) is 15.0. The van der Waals surface area contributed by atoms with E-state index in [9.17, 15) is 18.0 Å². The van der Waals surface area contributed by atoms with Crippen LogP contribution in [-0.2, 0) is 26.2 Å². The van der Waals surface area contributed by atoms with E-state index in [0.717, 1.165) is 9.87 Å². The van der Waals surface area contributed by atoms with Crippen LogP contribution in [0.25, 0.3) is 0 Å². The first kappa shape index (κ1) is 31.8. The lowest BCUT2D eigenvalue weighted by atomic mass is 10.1. The van der Waals surface area contributed by atoms with E-state index in [4.69, 9.17) is 21.1 Å². The molecule has 220 valence electrons. The number of hydrogen-bond acceptors (Lipinski definition) is 6. The fourth-order valence-corrected chi connectivity index (χ4v) is 5.86.